The van der Waals surface area contributed by atoms with Gasteiger partial charge in [-0.25, -0.2) is 4.39 Å². The number of hydrogen-bond acceptors (Lipinski definition) is 1. The van der Waals surface area contributed by atoms with E-state index in [1.54, 1.807) is 0 Å². The van der Waals surface area contributed by atoms with Crippen molar-refractivity contribution in [3.05, 3.63) is 0 Å². The lowest BCUT2D eigenvalue weighted by atomic mass is 9.95. The Kier molecular flexibility index (Phi) is 6.70. The minimum atomic E-state index is -0.634. The lowest BCUT2D eigenvalue weighted by Crippen LogP contribution is -2.41. The second-order valence-corrected chi connectivity index (χ2v) is 4.20. The highest BCUT2D eigenvalue weighted by molar-refractivity contribution is 5.85. The zero-order valence-electron chi connectivity index (χ0n) is 8.55. The van der Waals surface area contributed by atoms with Crippen LogP contribution in [0.2, 0.25) is 0 Å². The molecule has 0 saturated carbocycles. The van der Waals surface area contributed by atoms with Crippen molar-refractivity contribution in [2.45, 2.75) is 51.7 Å². The SMILES string of the molecule is CC(C)CC(F)C1CCCCN1.Cl. The van der Waals surface area contributed by atoms with Crippen LogP contribution in [0.25, 0.3) is 0 Å². The van der Waals surface area contributed by atoms with Gasteiger partial charge in [0.1, 0.15) is 6.17 Å². The molecule has 1 rings (SSSR count). The number of nitrogens with one attached hydrogen (secondary N) is 1. The minimum absolute atomic E-state index is 0. The number of piperidine rings is 1. The van der Waals surface area contributed by atoms with Crippen LogP contribution in [0, 0.1) is 5.92 Å². The van der Waals surface area contributed by atoms with Crippen LogP contribution in [0.1, 0.15) is 39.5 Å². The maximum absolute atomic E-state index is 13.5. The Balaban J connectivity index is 0.00000144. The topological polar surface area (TPSA) is 12.0 Å². The Hall–Kier alpha value is 0.180. The second kappa shape index (κ2) is 6.61. The van der Waals surface area contributed by atoms with Gasteiger partial charge in [-0.2, -0.15) is 0 Å². The van der Waals surface area contributed by atoms with E-state index in [4.69, 9.17) is 0 Å². The summed E-state index contributed by atoms with van der Waals surface area (Å²) in [5.41, 5.74) is 0. The minimum Gasteiger partial charge on any atom is -0.311 e. The number of rotatable bonds is 3. The van der Waals surface area contributed by atoms with Gasteiger partial charge in [0.2, 0.25) is 0 Å². The molecule has 3 heteroatoms. The van der Waals surface area contributed by atoms with Crippen molar-refractivity contribution >= 4 is 12.4 Å². The van der Waals surface area contributed by atoms with Crippen molar-refractivity contribution < 1.29 is 4.39 Å². The lowest BCUT2D eigenvalue weighted by molar-refractivity contribution is 0.190. The van der Waals surface area contributed by atoms with Crippen molar-refractivity contribution in [2.24, 2.45) is 5.92 Å². The predicted octanol–water partition coefficient (Wildman–Crippen LogP) is 2.93. The van der Waals surface area contributed by atoms with E-state index >= 15 is 0 Å². The Morgan fingerprint density at radius 3 is 2.54 bits per heavy atom. The summed E-state index contributed by atoms with van der Waals surface area (Å²) in [7, 11) is 0. The molecule has 1 nitrogen and oxygen atoms in total. The molecule has 0 aromatic carbocycles. The Morgan fingerprint density at radius 1 is 1.38 bits per heavy atom. The van der Waals surface area contributed by atoms with Crippen molar-refractivity contribution in [3.8, 4) is 0 Å². The molecule has 1 aliphatic heterocycles. The van der Waals surface area contributed by atoms with Gasteiger partial charge in [0.15, 0.2) is 0 Å². The quantitative estimate of drug-likeness (QED) is 0.754. The van der Waals surface area contributed by atoms with Gasteiger partial charge < -0.3 is 5.32 Å². The van der Waals surface area contributed by atoms with E-state index < -0.39 is 6.17 Å². The van der Waals surface area contributed by atoms with Gasteiger partial charge in [0, 0.05) is 6.04 Å². The Morgan fingerprint density at radius 2 is 2.08 bits per heavy atom. The summed E-state index contributed by atoms with van der Waals surface area (Å²) in [5, 5.41) is 3.25. The summed E-state index contributed by atoms with van der Waals surface area (Å²) in [6.45, 7) is 5.16. The normalized spacial score (nSPS) is 25.4. The third-order valence-corrected chi connectivity index (χ3v) is 2.48. The third-order valence-electron chi connectivity index (χ3n) is 2.48. The molecule has 1 saturated heterocycles. The maximum Gasteiger partial charge on any atom is 0.116 e. The molecule has 0 aromatic heterocycles. The molecule has 1 aliphatic rings. The van der Waals surface area contributed by atoms with Gasteiger partial charge in [-0.3, -0.25) is 0 Å². The fourth-order valence-electron chi connectivity index (χ4n) is 1.80. The largest absolute Gasteiger partial charge is 0.311 e. The van der Waals surface area contributed by atoms with Crippen molar-refractivity contribution in [1.82, 2.24) is 5.32 Å². The van der Waals surface area contributed by atoms with Gasteiger partial charge in [-0.1, -0.05) is 20.3 Å². The van der Waals surface area contributed by atoms with E-state index in [-0.39, 0.29) is 18.4 Å². The van der Waals surface area contributed by atoms with Crippen LogP contribution >= 0.6 is 12.4 Å². The first-order valence-corrected chi connectivity index (χ1v) is 5.07. The van der Waals surface area contributed by atoms with E-state index in [2.05, 4.69) is 19.2 Å². The molecule has 0 bridgehead atoms. The van der Waals surface area contributed by atoms with Gasteiger partial charge >= 0.3 is 0 Å². The summed E-state index contributed by atoms with van der Waals surface area (Å²) < 4.78 is 13.5. The summed E-state index contributed by atoms with van der Waals surface area (Å²) >= 11 is 0. The number of halogens is 2. The number of hydrogen-bond donors (Lipinski definition) is 1. The van der Waals surface area contributed by atoms with Gasteiger partial charge in [0.25, 0.3) is 0 Å². The zero-order valence-corrected chi connectivity index (χ0v) is 9.37. The molecule has 13 heavy (non-hydrogen) atoms. The average Bonchev–Trinajstić information content (AvgIpc) is 2.05. The molecule has 2 unspecified atom stereocenters. The maximum atomic E-state index is 13.5. The standard InChI is InChI=1S/C10H20FN.ClH/c1-8(2)7-9(11)10-5-3-4-6-12-10;/h8-10,12H,3-7H2,1-2H3;1H. The van der Waals surface area contributed by atoms with E-state index in [1.165, 1.54) is 12.8 Å². The monoisotopic (exact) mass is 209 g/mol. The molecule has 0 radical (unpaired) electrons. The fourth-order valence-corrected chi connectivity index (χ4v) is 1.80. The van der Waals surface area contributed by atoms with Gasteiger partial charge in [-0.15, -0.1) is 12.4 Å². The molecular weight excluding hydrogens is 189 g/mol. The van der Waals surface area contributed by atoms with Crippen LogP contribution in [0.15, 0.2) is 0 Å². The predicted molar refractivity (Wildman–Crippen MR) is 57.2 cm³/mol. The van der Waals surface area contributed by atoms with Crippen molar-refractivity contribution in [1.29, 1.82) is 0 Å². The fraction of sp³-hybridized carbons (Fsp3) is 1.00. The highest BCUT2D eigenvalue weighted by atomic mass is 35.5. The second-order valence-electron chi connectivity index (χ2n) is 4.20. The van der Waals surface area contributed by atoms with E-state index in [0.717, 1.165) is 13.0 Å². The smallest absolute Gasteiger partial charge is 0.116 e. The highest BCUT2D eigenvalue weighted by Gasteiger charge is 2.22. The Bertz CT molecular complexity index is 124. The molecule has 1 fully saturated rings. The molecule has 0 aliphatic carbocycles. The van der Waals surface area contributed by atoms with Crippen LogP contribution in [-0.4, -0.2) is 18.8 Å². The van der Waals surface area contributed by atoms with Crippen molar-refractivity contribution in [2.75, 3.05) is 6.54 Å². The lowest BCUT2D eigenvalue weighted by Gasteiger charge is -2.27. The van der Waals surface area contributed by atoms with Crippen LogP contribution < -0.4 is 5.32 Å². The molecule has 80 valence electrons. The van der Waals surface area contributed by atoms with E-state index in [0.29, 0.717) is 12.3 Å². The van der Waals surface area contributed by atoms with Crippen molar-refractivity contribution in [3.63, 3.8) is 0 Å². The Labute approximate surface area is 86.9 Å². The van der Waals surface area contributed by atoms with Gasteiger partial charge in [-0.05, 0) is 31.7 Å². The molecule has 0 aromatic rings. The molecule has 0 spiro atoms. The summed E-state index contributed by atoms with van der Waals surface area (Å²) in [6, 6.07) is 0.140. The van der Waals surface area contributed by atoms with Crippen LogP contribution in [0.4, 0.5) is 4.39 Å². The molecule has 2 atom stereocenters. The van der Waals surface area contributed by atoms with E-state index in [1.807, 2.05) is 0 Å². The zero-order chi connectivity index (χ0) is 8.97. The summed E-state index contributed by atoms with van der Waals surface area (Å²) in [5.74, 6) is 0.476. The first-order valence-electron chi connectivity index (χ1n) is 5.07. The average molecular weight is 210 g/mol. The first kappa shape index (κ1) is 13.2. The first-order chi connectivity index (χ1) is 5.70. The van der Waals surface area contributed by atoms with Crippen LogP contribution in [-0.2, 0) is 0 Å². The van der Waals surface area contributed by atoms with Gasteiger partial charge in [0.05, 0.1) is 0 Å². The molecule has 1 N–H and O–H groups in total. The molecular formula is C10H21ClFN. The summed E-state index contributed by atoms with van der Waals surface area (Å²) in [6.07, 6.45) is 3.50. The third kappa shape index (κ3) is 4.82. The van der Waals surface area contributed by atoms with Crippen LogP contribution in [0.3, 0.4) is 0 Å². The molecule has 0 amide bonds. The van der Waals surface area contributed by atoms with Crippen LogP contribution in [0.5, 0.6) is 0 Å². The number of alkyl halides is 1. The molecule has 1 heterocycles. The summed E-state index contributed by atoms with van der Waals surface area (Å²) in [4.78, 5) is 0. The highest BCUT2D eigenvalue weighted by Crippen LogP contribution is 2.18. The van der Waals surface area contributed by atoms with E-state index in [9.17, 15) is 4.39 Å².